The van der Waals surface area contributed by atoms with Crippen LogP contribution in [0.1, 0.15) is 16.7 Å². The molecule has 1 aromatic heterocycles. The molecule has 0 amide bonds. The van der Waals surface area contributed by atoms with E-state index in [9.17, 15) is 0 Å². The molecule has 154 valence electrons. The highest BCUT2D eigenvalue weighted by Gasteiger charge is 2.13. The van der Waals surface area contributed by atoms with Crippen molar-refractivity contribution < 1.29 is 4.74 Å². The van der Waals surface area contributed by atoms with Gasteiger partial charge in [-0.15, -0.1) is 24.6 Å². The van der Waals surface area contributed by atoms with Crippen LogP contribution in [0.2, 0.25) is 0 Å². The average molecular weight is 419 g/mol. The minimum absolute atomic E-state index is 0.395. The smallest absolute Gasteiger partial charge is 0.221 e. The molecule has 0 bridgehead atoms. The molecule has 0 aliphatic rings. The number of nitrogens with one attached hydrogen (secondary N) is 1. The lowest BCUT2D eigenvalue weighted by Gasteiger charge is -2.15. The maximum Gasteiger partial charge on any atom is 0.221 e. The molecule has 1 heterocycles. The van der Waals surface area contributed by atoms with E-state index in [-0.39, 0.29) is 0 Å². The summed E-state index contributed by atoms with van der Waals surface area (Å²) in [5.74, 6) is 1.25. The lowest BCUT2D eigenvalue weighted by molar-refractivity contribution is 0.317. The Morgan fingerprint density at radius 2 is 1.93 bits per heavy atom. The summed E-state index contributed by atoms with van der Waals surface area (Å²) in [5, 5.41) is 7.76. The topological polar surface area (TPSA) is 98.0 Å². The maximum atomic E-state index is 7.76. The van der Waals surface area contributed by atoms with Gasteiger partial charge in [0.15, 0.2) is 0 Å². The average Bonchev–Trinajstić information content (AvgIpc) is 2.79. The number of pyridine rings is 1. The zero-order chi connectivity index (χ0) is 21.9. The van der Waals surface area contributed by atoms with E-state index >= 15 is 0 Å². The highest BCUT2D eigenvalue weighted by atomic mass is 32.2. The molecule has 0 saturated carbocycles. The maximum absolute atomic E-state index is 7.76. The lowest BCUT2D eigenvalue weighted by atomic mass is 9.99. The summed E-state index contributed by atoms with van der Waals surface area (Å²) in [6, 6.07) is 16.1. The second-order valence-electron chi connectivity index (χ2n) is 6.33. The van der Waals surface area contributed by atoms with Gasteiger partial charge in [-0.2, -0.15) is 0 Å². The van der Waals surface area contributed by atoms with Crippen LogP contribution in [0.25, 0.3) is 11.1 Å². The van der Waals surface area contributed by atoms with Crippen LogP contribution in [-0.4, -0.2) is 24.4 Å². The molecular formula is C24H26N4OS. The lowest BCUT2D eigenvalue weighted by Crippen LogP contribution is -2.11. The Morgan fingerprint density at radius 3 is 2.63 bits per heavy atom. The van der Waals surface area contributed by atoms with E-state index in [1.54, 1.807) is 18.0 Å². The Labute approximate surface area is 182 Å². The number of aromatic nitrogens is 1. The van der Waals surface area contributed by atoms with Crippen molar-refractivity contribution in [3.05, 3.63) is 71.4 Å². The van der Waals surface area contributed by atoms with Gasteiger partial charge in [-0.1, -0.05) is 18.2 Å². The molecule has 0 saturated heterocycles. The van der Waals surface area contributed by atoms with Crippen molar-refractivity contribution in [2.24, 2.45) is 5.73 Å². The van der Waals surface area contributed by atoms with Crippen LogP contribution in [0.4, 0.5) is 5.69 Å². The predicted molar refractivity (Wildman–Crippen MR) is 127 cm³/mol. The Bertz CT molecular complexity index is 1020. The van der Waals surface area contributed by atoms with E-state index in [1.807, 2.05) is 30.3 Å². The molecule has 0 atom stereocenters. The summed E-state index contributed by atoms with van der Waals surface area (Å²) in [6.07, 6.45) is 11.0. The monoisotopic (exact) mass is 418 g/mol. The van der Waals surface area contributed by atoms with Gasteiger partial charge in [0.25, 0.3) is 0 Å². The molecular weight excluding hydrogens is 392 g/mol. The third-order valence-corrected chi connectivity index (χ3v) is 5.59. The first kappa shape index (κ1) is 23.0. The highest BCUT2D eigenvalue weighted by Crippen LogP contribution is 2.35. The van der Waals surface area contributed by atoms with Crippen LogP contribution < -0.4 is 16.2 Å². The van der Waals surface area contributed by atoms with Gasteiger partial charge in [0.05, 0.1) is 0 Å². The van der Waals surface area contributed by atoms with E-state index in [0.29, 0.717) is 36.0 Å². The molecule has 0 unspecified atom stereocenters. The van der Waals surface area contributed by atoms with Gasteiger partial charge in [0.1, 0.15) is 6.61 Å². The predicted octanol–water partition coefficient (Wildman–Crippen LogP) is 4.52. The van der Waals surface area contributed by atoms with Gasteiger partial charge in [-0.05, 0) is 53.9 Å². The summed E-state index contributed by atoms with van der Waals surface area (Å²) in [7, 11) is 0. The van der Waals surface area contributed by atoms with Crippen molar-refractivity contribution in [2.45, 2.75) is 17.6 Å². The van der Waals surface area contributed by atoms with Gasteiger partial charge in [-0.25, -0.2) is 4.98 Å². The number of hydrogen-bond acceptors (Lipinski definition) is 6. The van der Waals surface area contributed by atoms with Crippen molar-refractivity contribution in [3.8, 4) is 29.9 Å². The Morgan fingerprint density at radius 1 is 1.17 bits per heavy atom. The number of nitrogens with zero attached hydrogens (tertiary/aromatic N) is 1. The first-order chi connectivity index (χ1) is 14.6. The number of ether oxygens (including phenoxy) is 1. The molecule has 0 fully saturated rings. The van der Waals surface area contributed by atoms with E-state index in [2.05, 4.69) is 43.0 Å². The van der Waals surface area contributed by atoms with Crippen molar-refractivity contribution in [1.82, 2.24) is 4.98 Å². The van der Waals surface area contributed by atoms with Gasteiger partial charge in [-0.3, -0.25) is 0 Å². The molecule has 3 aromatic rings. The van der Waals surface area contributed by atoms with E-state index in [1.165, 1.54) is 16.7 Å². The number of nitrogens with two attached hydrogens (primary N) is 2. The molecule has 5 nitrogen and oxygen atoms in total. The van der Waals surface area contributed by atoms with Crippen LogP contribution in [0, 0.1) is 25.2 Å². The Balaban J connectivity index is 0.00000155. The first-order valence-electron chi connectivity index (χ1n) is 9.37. The van der Waals surface area contributed by atoms with Gasteiger partial charge in [0, 0.05) is 46.4 Å². The molecule has 0 aliphatic carbocycles. The molecule has 30 heavy (non-hydrogen) atoms. The fraction of sp³-hybridized carbons (Fsp3) is 0.167. The van der Waals surface area contributed by atoms with Crippen molar-refractivity contribution in [2.75, 3.05) is 18.9 Å². The largest absolute Gasteiger partial charge is 0.476 e. The van der Waals surface area contributed by atoms with Crippen LogP contribution in [0.15, 0.2) is 59.6 Å². The number of nitrogen functional groups attached to an aromatic ring is 1. The third kappa shape index (κ3) is 5.63. The van der Waals surface area contributed by atoms with Crippen molar-refractivity contribution >= 4 is 23.7 Å². The minimum Gasteiger partial charge on any atom is -0.476 e. The van der Waals surface area contributed by atoms with Crippen molar-refractivity contribution in [3.63, 3.8) is 0 Å². The fourth-order valence-corrected chi connectivity index (χ4v) is 3.91. The van der Waals surface area contributed by atoms with Crippen LogP contribution in [0.3, 0.4) is 0 Å². The number of rotatable bonds is 8. The van der Waals surface area contributed by atoms with E-state index in [0.717, 1.165) is 16.7 Å². The number of aryl methyl sites for hydroxylation is 1. The molecule has 6 heteroatoms. The summed E-state index contributed by atoms with van der Waals surface area (Å²) in [6.45, 7) is 2.91. The zero-order valence-corrected chi connectivity index (χ0v) is 17.8. The summed E-state index contributed by atoms with van der Waals surface area (Å²) < 4.78 is 5.70. The quantitative estimate of drug-likeness (QED) is 0.216. The Kier molecular flexibility index (Phi) is 8.95. The normalized spacial score (nSPS) is 10.0. The fourth-order valence-electron chi connectivity index (χ4n) is 2.89. The second-order valence-corrected chi connectivity index (χ2v) is 7.35. The summed E-state index contributed by atoms with van der Waals surface area (Å²) in [4.78, 5) is 5.55. The number of thioether (sulfide) groups is 1. The van der Waals surface area contributed by atoms with Crippen LogP contribution in [-0.2, 0) is 5.75 Å². The molecule has 0 aliphatic heterocycles. The highest BCUT2D eigenvalue weighted by molar-refractivity contribution is 7.98. The summed E-state index contributed by atoms with van der Waals surface area (Å²) in [5.41, 5.74) is 17.2. The molecule has 3 rings (SSSR count). The standard InChI is InChI=1S/C22H24N4OS.C2H2/c1-15-5-2-3-7-20(15)28-14-18-12-16(11-17(13-24)21(18)25)19-6-4-9-26-22(19)27-10-8-23;1-2/h2-7,9,11-13,24H,8,10,14,23,25H2,1H3;1-2H. The number of benzene rings is 2. The van der Waals surface area contributed by atoms with E-state index < -0.39 is 0 Å². The zero-order valence-electron chi connectivity index (χ0n) is 17.0. The van der Waals surface area contributed by atoms with Crippen LogP contribution >= 0.6 is 11.8 Å². The molecule has 2 aromatic carbocycles. The van der Waals surface area contributed by atoms with Gasteiger partial charge < -0.3 is 21.6 Å². The molecule has 0 radical (unpaired) electrons. The number of hydrogen-bond donors (Lipinski definition) is 3. The SMILES string of the molecule is C#C.Cc1ccccc1SCc1cc(-c2cccnc2OCCN)cc(C=N)c1N. The molecule has 5 N–H and O–H groups in total. The first-order valence-corrected chi connectivity index (χ1v) is 10.4. The van der Waals surface area contributed by atoms with Gasteiger partial charge in [0.2, 0.25) is 5.88 Å². The Hall–Kier alpha value is -3.27. The van der Waals surface area contributed by atoms with Gasteiger partial charge >= 0.3 is 0 Å². The second kappa shape index (κ2) is 11.7. The number of anilines is 1. The molecule has 0 spiro atoms. The summed E-state index contributed by atoms with van der Waals surface area (Å²) >= 11 is 1.74. The van der Waals surface area contributed by atoms with E-state index in [4.69, 9.17) is 21.6 Å². The minimum atomic E-state index is 0.395. The van der Waals surface area contributed by atoms with Crippen molar-refractivity contribution in [1.29, 1.82) is 5.41 Å². The van der Waals surface area contributed by atoms with Crippen LogP contribution in [0.5, 0.6) is 5.88 Å². The third-order valence-electron chi connectivity index (χ3n) is 4.37. The number of terminal acetylenes is 1.